The van der Waals surface area contributed by atoms with Crippen LogP contribution in [0.15, 0.2) is 0 Å². The summed E-state index contributed by atoms with van der Waals surface area (Å²) in [4.78, 5) is 13.2. The molecule has 0 unspecified atom stereocenters. The van der Waals surface area contributed by atoms with E-state index >= 15 is 0 Å². The van der Waals surface area contributed by atoms with Gasteiger partial charge in [0.25, 0.3) is 0 Å². The van der Waals surface area contributed by atoms with Crippen molar-refractivity contribution in [2.75, 3.05) is 20.2 Å². The van der Waals surface area contributed by atoms with Gasteiger partial charge in [-0.2, -0.15) is 0 Å². The van der Waals surface area contributed by atoms with Gasteiger partial charge in [0.2, 0.25) is 5.91 Å². The third kappa shape index (κ3) is 8.31. The van der Waals surface area contributed by atoms with Crippen LogP contribution in [-0.2, 0) is 4.79 Å². The van der Waals surface area contributed by atoms with Gasteiger partial charge < -0.3 is 10.0 Å². The van der Waals surface area contributed by atoms with E-state index in [2.05, 4.69) is 11.8 Å². The van der Waals surface area contributed by atoms with Crippen LogP contribution >= 0.6 is 0 Å². The maximum atomic E-state index is 11.6. The number of nitrogens with zero attached hydrogens (tertiary/aromatic N) is 1. The van der Waals surface area contributed by atoms with Crippen LogP contribution in [0.25, 0.3) is 0 Å². The van der Waals surface area contributed by atoms with Gasteiger partial charge in [-0.3, -0.25) is 4.79 Å². The molecule has 16 heavy (non-hydrogen) atoms. The van der Waals surface area contributed by atoms with Gasteiger partial charge in [-0.15, -0.1) is 0 Å². The van der Waals surface area contributed by atoms with Gasteiger partial charge in [0, 0.05) is 26.0 Å². The van der Waals surface area contributed by atoms with E-state index in [0.717, 1.165) is 19.3 Å². The largest absolute Gasteiger partial charge is 0.396 e. The van der Waals surface area contributed by atoms with Gasteiger partial charge in [-0.1, -0.05) is 32.1 Å². The van der Waals surface area contributed by atoms with E-state index in [1.54, 1.807) is 11.9 Å². The molecule has 0 heterocycles. The third-order valence-corrected chi connectivity index (χ3v) is 2.18. The molecule has 92 valence electrons. The number of aliphatic hydroxyl groups is 1. The van der Waals surface area contributed by atoms with E-state index in [0.29, 0.717) is 18.9 Å². The first-order valence-corrected chi connectivity index (χ1v) is 5.91. The fourth-order valence-corrected chi connectivity index (χ4v) is 1.21. The van der Waals surface area contributed by atoms with Crippen molar-refractivity contribution < 1.29 is 9.90 Å². The highest BCUT2D eigenvalue weighted by molar-refractivity contribution is 5.76. The average Bonchev–Trinajstić information content (AvgIpc) is 2.23. The summed E-state index contributed by atoms with van der Waals surface area (Å²) in [5.74, 6) is 6.50. The first-order valence-electron chi connectivity index (χ1n) is 5.91. The Morgan fingerprint density at radius 3 is 2.56 bits per heavy atom. The molecule has 0 spiro atoms. The number of carbonyl (C=O) groups excluding carboxylic acids is 1. The lowest BCUT2D eigenvalue weighted by atomic mass is 10.2. The van der Waals surface area contributed by atoms with Crippen molar-refractivity contribution in [1.82, 2.24) is 4.90 Å². The minimum Gasteiger partial charge on any atom is -0.396 e. The second-order valence-corrected chi connectivity index (χ2v) is 4.26. The maximum absolute atomic E-state index is 11.6. The molecule has 0 bridgehead atoms. The van der Waals surface area contributed by atoms with Crippen LogP contribution in [0.5, 0.6) is 0 Å². The second kappa shape index (κ2) is 9.23. The molecule has 0 aliphatic rings. The highest BCUT2D eigenvalue weighted by Gasteiger charge is 2.06. The van der Waals surface area contributed by atoms with E-state index < -0.39 is 0 Å². The predicted octanol–water partition coefficient (Wildman–Crippen LogP) is 1.66. The molecule has 3 nitrogen and oxygen atoms in total. The monoisotopic (exact) mass is 225 g/mol. The number of carbonyl (C=O) groups is 1. The van der Waals surface area contributed by atoms with Crippen LogP contribution in [0, 0.1) is 17.8 Å². The Kier molecular flexibility index (Phi) is 8.65. The lowest BCUT2D eigenvalue weighted by Crippen LogP contribution is -2.26. The fraction of sp³-hybridized carbons (Fsp3) is 0.769. The lowest BCUT2D eigenvalue weighted by molar-refractivity contribution is -0.129. The molecule has 1 N–H and O–H groups in total. The fourth-order valence-electron chi connectivity index (χ4n) is 1.21. The minimum atomic E-state index is 0.135. The van der Waals surface area contributed by atoms with E-state index in [9.17, 15) is 4.79 Å². The zero-order valence-electron chi connectivity index (χ0n) is 10.6. The smallest absolute Gasteiger partial charge is 0.223 e. The van der Waals surface area contributed by atoms with E-state index in [1.807, 2.05) is 13.8 Å². The summed E-state index contributed by atoms with van der Waals surface area (Å²) in [6.07, 6.45) is 3.10. The summed E-state index contributed by atoms with van der Waals surface area (Å²) in [7, 11) is 1.78. The van der Waals surface area contributed by atoms with Gasteiger partial charge >= 0.3 is 0 Å². The summed E-state index contributed by atoms with van der Waals surface area (Å²) >= 11 is 0. The number of rotatable bonds is 6. The van der Waals surface area contributed by atoms with Gasteiger partial charge in [-0.05, 0) is 12.8 Å². The quantitative estimate of drug-likeness (QED) is 0.551. The van der Waals surface area contributed by atoms with Crippen LogP contribution in [0.4, 0.5) is 0 Å². The van der Waals surface area contributed by atoms with Crippen molar-refractivity contribution >= 4 is 5.91 Å². The normalized spacial score (nSPS) is 9.81. The van der Waals surface area contributed by atoms with Gasteiger partial charge in [0.15, 0.2) is 0 Å². The molecule has 0 aliphatic heterocycles. The third-order valence-electron chi connectivity index (χ3n) is 2.18. The number of aliphatic hydroxyl groups excluding tert-OH is 1. The molecule has 0 atom stereocenters. The van der Waals surface area contributed by atoms with Gasteiger partial charge in [0.05, 0.1) is 6.54 Å². The first-order chi connectivity index (χ1) is 7.57. The molecule has 0 aromatic heterocycles. The molecule has 0 rings (SSSR count). The van der Waals surface area contributed by atoms with Crippen molar-refractivity contribution in [2.24, 2.45) is 5.92 Å². The number of hydrogen-bond acceptors (Lipinski definition) is 2. The number of unbranched alkanes of at least 4 members (excludes halogenated alkanes) is 2. The van der Waals surface area contributed by atoms with Crippen molar-refractivity contribution in [3.63, 3.8) is 0 Å². The minimum absolute atomic E-state index is 0.135. The summed E-state index contributed by atoms with van der Waals surface area (Å²) in [5, 5.41) is 8.60. The summed E-state index contributed by atoms with van der Waals surface area (Å²) in [5.41, 5.74) is 0. The average molecular weight is 225 g/mol. The van der Waals surface area contributed by atoms with E-state index in [4.69, 9.17) is 5.11 Å². The molecular weight excluding hydrogens is 202 g/mol. The zero-order chi connectivity index (χ0) is 12.4. The molecule has 0 aromatic rings. The van der Waals surface area contributed by atoms with Crippen molar-refractivity contribution in [1.29, 1.82) is 0 Å². The number of hydrogen-bond donors (Lipinski definition) is 1. The summed E-state index contributed by atoms with van der Waals surface area (Å²) in [6, 6.07) is 0. The van der Waals surface area contributed by atoms with Crippen LogP contribution in [0.3, 0.4) is 0 Å². The Balaban J connectivity index is 3.70. The number of amides is 1. The summed E-state index contributed by atoms with van der Waals surface area (Å²) in [6.45, 7) is 4.79. The van der Waals surface area contributed by atoms with Gasteiger partial charge in [0.1, 0.15) is 0 Å². The van der Waals surface area contributed by atoms with Crippen molar-refractivity contribution in [2.45, 2.75) is 39.5 Å². The van der Waals surface area contributed by atoms with Crippen molar-refractivity contribution in [3.8, 4) is 11.8 Å². The molecule has 3 heteroatoms. The Morgan fingerprint density at radius 2 is 2.00 bits per heavy atom. The highest BCUT2D eigenvalue weighted by atomic mass is 16.2. The molecule has 0 fully saturated rings. The molecule has 0 aliphatic carbocycles. The van der Waals surface area contributed by atoms with Gasteiger partial charge in [-0.25, -0.2) is 0 Å². The SMILES string of the molecule is CC(C)C#CCN(C)C(=O)CCCCCO. The van der Waals surface area contributed by atoms with Crippen LogP contribution in [0.2, 0.25) is 0 Å². The van der Waals surface area contributed by atoms with Crippen LogP contribution in [-0.4, -0.2) is 36.1 Å². The Bertz CT molecular complexity index is 250. The van der Waals surface area contributed by atoms with Crippen LogP contribution in [0.1, 0.15) is 39.5 Å². The Labute approximate surface area is 98.8 Å². The zero-order valence-corrected chi connectivity index (χ0v) is 10.6. The Hall–Kier alpha value is -1.01. The second-order valence-electron chi connectivity index (χ2n) is 4.26. The molecule has 0 saturated carbocycles. The molecule has 0 aromatic carbocycles. The highest BCUT2D eigenvalue weighted by Crippen LogP contribution is 2.01. The maximum Gasteiger partial charge on any atom is 0.223 e. The Morgan fingerprint density at radius 1 is 1.31 bits per heavy atom. The molecule has 0 radical (unpaired) electrons. The standard InChI is InChI=1S/C13H23NO2/c1-12(2)8-7-10-14(3)13(16)9-5-4-6-11-15/h12,15H,4-6,9-11H2,1-3H3. The van der Waals surface area contributed by atoms with E-state index in [-0.39, 0.29) is 12.5 Å². The topological polar surface area (TPSA) is 40.5 Å². The molecule has 0 saturated heterocycles. The lowest BCUT2D eigenvalue weighted by Gasteiger charge is -2.13. The molecule has 1 amide bonds. The predicted molar refractivity (Wildman–Crippen MR) is 65.8 cm³/mol. The van der Waals surface area contributed by atoms with Crippen molar-refractivity contribution in [3.05, 3.63) is 0 Å². The molecular formula is C13H23NO2. The van der Waals surface area contributed by atoms with Crippen LogP contribution < -0.4 is 0 Å². The summed E-state index contributed by atoms with van der Waals surface area (Å²) < 4.78 is 0. The first kappa shape index (κ1) is 15.0. The van der Waals surface area contributed by atoms with E-state index in [1.165, 1.54) is 0 Å².